The summed E-state index contributed by atoms with van der Waals surface area (Å²) >= 11 is 0. The van der Waals surface area contributed by atoms with Crippen molar-refractivity contribution in [3.05, 3.63) is 30.1 Å². The Hall–Kier alpha value is -1.03. The van der Waals surface area contributed by atoms with Crippen molar-refractivity contribution in [1.82, 2.24) is 4.98 Å². The van der Waals surface area contributed by atoms with E-state index in [0.717, 1.165) is 0 Å². The van der Waals surface area contributed by atoms with E-state index in [0.29, 0.717) is 5.56 Å². The Bertz CT molecular complexity index is 246. The van der Waals surface area contributed by atoms with Gasteiger partial charge in [-0.2, -0.15) is 0 Å². The molecule has 1 rings (SSSR count). The van der Waals surface area contributed by atoms with Crippen molar-refractivity contribution in [3.63, 3.8) is 0 Å². The summed E-state index contributed by atoms with van der Waals surface area (Å²) in [6.45, 7) is 1.30. The Morgan fingerprint density at radius 2 is 1.92 bits per heavy atom. The van der Waals surface area contributed by atoms with Gasteiger partial charge in [0.25, 0.3) is 6.43 Å². The molecule has 1 aromatic rings. The van der Waals surface area contributed by atoms with Gasteiger partial charge in [-0.05, 0) is 24.6 Å². The highest BCUT2D eigenvalue weighted by Crippen LogP contribution is 2.23. The average Bonchev–Trinajstić information content (AvgIpc) is 2.06. The zero-order chi connectivity index (χ0) is 9.19. The van der Waals surface area contributed by atoms with Crippen LogP contribution in [0, 0.1) is 0 Å². The fourth-order valence-electron chi connectivity index (χ4n) is 0.837. The summed E-state index contributed by atoms with van der Waals surface area (Å²) in [7, 11) is 0. The van der Waals surface area contributed by atoms with Gasteiger partial charge in [0.05, 0.1) is 5.54 Å². The summed E-state index contributed by atoms with van der Waals surface area (Å²) < 4.78 is 24.7. The minimum absolute atomic E-state index is 0.396. The summed E-state index contributed by atoms with van der Waals surface area (Å²) in [6.07, 6.45) is 0.325. The molecule has 0 aromatic carbocycles. The van der Waals surface area contributed by atoms with Crippen LogP contribution in [0.4, 0.5) is 8.78 Å². The monoisotopic (exact) mass is 172 g/mol. The quantitative estimate of drug-likeness (QED) is 0.734. The molecule has 1 aromatic heterocycles. The molecule has 0 amide bonds. The topological polar surface area (TPSA) is 38.9 Å². The molecule has 0 aliphatic rings. The summed E-state index contributed by atoms with van der Waals surface area (Å²) in [5.41, 5.74) is 4.22. The average molecular weight is 172 g/mol. The highest BCUT2D eigenvalue weighted by atomic mass is 19.3. The van der Waals surface area contributed by atoms with E-state index >= 15 is 0 Å². The van der Waals surface area contributed by atoms with Crippen LogP contribution in [-0.4, -0.2) is 11.4 Å². The number of aromatic nitrogens is 1. The maximum atomic E-state index is 12.4. The van der Waals surface area contributed by atoms with Crippen LogP contribution >= 0.6 is 0 Å². The van der Waals surface area contributed by atoms with Gasteiger partial charge in [-0.15, -0.1) is 0 Å². The number of rotatable bonds is 2. The molecule has 0 fully saturated rings. The van der Waals surface area contributed by atoms with Crippen LogP contribution in [0.5, 0.6) is 0 Å². The van der Waals surface area contributed by atoms with Crippen molar-refractivity contribution in [2.75, 3.05) is 0 Å². The van der Waals surface area contributed by atoms with Gasteiger partial charge in [0.15, 0.2) is 0 Å². The standard InChI is InChI=1S/C8H10F2N2/c1-8(11,7(9)10)6-2-4-12-5-3-6/h2-5,7H,11H2,1H3. The SMILES string of the molecule is CC(N)(c1ccncc1)C(F)F. The first kappa shape index (κ1) is 9.06. The molecule has 1 heterocycles. The van der Waals surface area contributed by atoms with Crippen molar-refractivity contribution in [1.29, 1.82) is 0 Å². The van der Waals surface area contributed by atoms with Gasteiger partial charge >= 0.3 is 0 Å². The highest BCUT2D eigenvalue weighted by molar-refractivity contribution is 5.20. The number of hydrogen-bond donors (Lipinski definition) is 1. The fourth-order valence-corrected chi connectivity index (χ4v) is 0.837. The minimum Gasteiger partial charge on any atom is -0.317 e. The van der Waals surface area contributed by atoms with E-state index < -0.39 is 12.0 Å². The van der Waals surface area contributed by atoms with Crippen molar-refractivity contribution >= 4 is 0 Å². The van der Waals surface area contributed by atoms with Gasteiger partial charge in [-0.25, -0.2) is 8.78 Å². The molecule has 2 nitrogen and oxygen atoms in total. The molecule has 0 aliphatic heterocycles. The Morgan fingerprint density at radius 3 is 2.33 bits per heavy atom. The van der Waals surface area contributed by atoms with Crippen molar-refractivity contribution < 1.29 is 8.78 Å². The van der Waals surface area contributed by atoms with Crippen LogP contribution in [0.1, 0.15) is 12.5 Å². The first-order valence-corrected chi connectivity index (χ1v) is 3.52. The number of hydrogen-bond acceptors (Lipinski definition) is 2. The second-order valence-corrected chi connectivity index (χ2v) is 2.82. The van der Waals surface area contributed by atoms with E-state index in [2.05, 4.69) is 4.98 Å². The molecule has 2 N–H and O–H groups in total. The molecule has 1 unspecified atom stereocenters. The predicted octanol–water partition coefficient (Wildman–Crippen LogP) is 1.52. The molecule has 0 saturated carbocycles. The normalized spacial score (nSPS) is 16.1. The number of nitrogens with two attached hydrogens (primary N) is 1. The Labute approximate surface area is 69.4 Å². The van der Waals surface area contributed by atoms with E-state index in [9.17, 15) is 8.78 Å². The molecule has 4 heteroatoms. The number of alkyl halides is 2. The number of halogens is 2. The largest absolute Gasteiger partial charge is 0.317 e. The number of pyridine rings is 1. The van der Waals surface area contributed by atoms with Gasteiger partial charge in [0.2, 0.25) is 0 Å². The van der Waals surface area contributed by atoms with E-state index in [-0.39, 0.29) is 0 Å². The van der Waals surface area contributed by atoms with Crippen LogP contribution in [-0.2, 0) is 5.54 Å². The van der Waals surface area contributed by atoms with Crippen LogP contribution in [0.15, 0.2) is 24.5 Å². The molecule has 0 radical (unpaired) electrons. The Morgan fingerprint density at radius 1 is 1.42 bits per heavy atom. The maximum Gasteiger partial charge on any atom is 0.260 e. The first-order valence-electron chi connectivity index (χ1n) is 3.52. The molecular weight excluding hydrogens is 162 g/mol. The second kappa shape index (κ2) is 3.15. The molecule has 12 heavy (non-hydrogen) atoms. The van der Waals surface area contributed by atoms with E-state index in [1.165, 1.54) is 31.5 Å². The minimum atomic E-state index is -2.57. The van der Waals surface area contributed by atoms with Gasteiger partial charge in [0, 0.05) is 12.4 Å². The van der Waals surface area contributed by atoms with E-state index in [1.54, 1.807) is 0 Å². The molecule has 0 spiro atoms. The highest BCUT2D eigenvalue weighted by Gasteiger charge is 2.31. The smallest absolute Gasteiger partial charge is 0.260 e. The first-order chi connectivity index (χ1) is 5.55. The molecule has 0 bridgehead atoms. The third-order valence-corrected chi connectivity index (χ3v) is 1.76. The zero-order valence-electron chi connectivity index (χ0n) is 6.67. The van der Waals surface area contributed by atoms with Gasteiger partial charge in [-0.1, -0.05) is 0 Å². The van der Waals surface area contributed by atoms with Gasteiger partial charge < -0.3 is 5.73 Å². The lowest BCUT2D eigenvalue weighted by atomic mass is 9.95. The maximum absolute atomic E-state index is 12.4. The third-order valence-electron chi connectivity index (χ3n) is 1.76. The summed E-state index contributed by atoms with van der Waals surface area (Å²) in [5.74, 6) is 0. The van der Waals surface area contributed by atoms with Gasteiger partial charge in [0.1, 0.15) is 0 Å². The lowest BCUT2D eigenvalue weighted by molar-refractivity contribution is 0.0625. The fraction of sp³-hybridized carbons (Fsp3) is 0.375. The Kier molecular flexibility index (Phi) is 2.38. The van der Waals surface area contributed by atoms with Crippen LogP contribution in [0.25, 0.3) is 0 Å². The third kappa shape index (κ3) is 1.58. The summed E-state index contributed by atoms with van der Waals surface area (Å²) in [4.78, 5) is 3.72. The van der Waals surface area contributed by atoms with Crippen molar-refractivity contribution in [3.8, 4) is 0 Å². The summed E-state index contributed by atoms with van der Waals surface area (Å²) in [5, 5.41) is 0. The van der Waals surface area contributed by atoms with Crippen LogP contribution < -0.4 is 5.73 Å². The second-order valence-electron chi connectivity index (χ2n) is 2.82. The predicted molar refractivity (Wildman–Crippen MR) is 41.8 cm³/mol. The molecule has 0 aliphatic carbocycles. The molecule has 66 valence electrons. The summed E-state index contributed by atoms with van der Waals surface area (Å²) in [6, 6.07) is 2.98. The zero-order valence-corrected chi connectivity index (χ0v) is 6.67. The molecule has 0 saturated heterocycles. The van der Waals surface area contributed by atoms with Crippen LogP contribution in [0.2, 0.25) is 0 Å². The van der Waals surface area contributed by atoms with E-state index in [4.69, 9.17) is 5.73 Å². The Balaban J connectivity index is 2.98. The number of nitrogens with zero attached hydrogens (tertiary/aromatic N) is 1. The van der Waals surface area contributed by atoms with Gasteiger partial charge in [-0.3, -0.25) is 4.98 Å². The van der Waals surface area contributed by atoms with Crippen molar-refractivity contribution in [2.45, 2.75) is 18.9 Å². The van der Waals surface area contributed by atoms with Crippen molar-refractivity contribution in [2.24, 2.45) is 5.73 Å². The molecular formula is C8H10F2N2. The molecule has 1 atom stereocenters. The lowest BCUT2D eigenvalue weighted by Gasteiger charge is -2.23. The lowest BCUT2D eigenvalue weighted by Crippen LogP contribution is -2.40. The van der Waals surface area contributed by atoms with Crippen LogP contribution in [0.3, 0.4) is 0 Å². The van der Waals surface area contributed by atoms with E-state index in [1.807, 2.05) is 0 Å².